The first kappa shape index (κ1) is 37.4. The lowest BCUT2D eigenvalue weighted by molar-refractivity contribution is 1.67. The molecule has 0 bridgehead atoms. The summed E-state index contributed by atoms with van der Waals surface area (Å²) in [6.07, 6.45) is 0. The highest BCUT2D eigenvalue weighted by Crippen LogP contribution is 2.52. The minimum atomic E-state index is 1.24. The second-order valence-electron chi connectivity index (χ2n) is 18.6. The molecule has 0 aliphatic carbocycles. The van der Waals surface area contributed by atoms with Crippen LogP contribution in [0.4, 0.5) is 0 Å². The lowest BCUT2D eigenvalue weighted by atomic mass is 9.79. The van der Waals surface area contributed by atoms with Crippen molar-refractivity contribution in [2.24, 2.45) is 0 Å². The Kier molecular flexibility index (Phi) is 7.88. The van der Waals surface area contributed by atoms with Gasteiger partial charge in [-0.05, 0) is 183 Å². The molecule has 68 heavy (non-hydrogen) atoms. The second kappa shape index (κ2) is 14.3. The van der Waals surface area contributed by atoms with Crippen molar-refractivity contribution in [3.63, 3.8) is 0 Å². The van der Waals surface area contributed by atoms with Gasteiger partial charge in [-0.1, -0.05) is 212 Å². The summed E-state index contributed by atoms with van der Waals surface area (Å²) >= 11 is 0. The van der Waals surface area contributed by atoms with E-state index in [9.17, 15) is 0 Å². The van der Waals surface area contributed by atoms with Gasteiger partial charge in [0, 0.05) is 0 Å². The molecule has 15 rings (SSSR count). The summed E-state index contributed by atoms with van der Waals surface area (Å²) in [7, 11) is 0. The van der Waals surface area contributed by atoms with E-state index in [-0.39, 0.29) is 0 Å². The first-order valence-electron chi connectivity index (χ1n) is 23.7. The van der Waals surface area contributed by atoms with Crippen LogP contribution in [0.5, 0.6) is 0 Å². The molecule has 312 valence electrons. The van der Waals surface area contributed by atoms with Gasteiger partial charge in [0.25, 0.3) is 0 Å². The quantitative estimate of drug-likeness (QED) is 0.155. The summed E-state index contributed by atoms with van der Waals surface area (Å²) in [4.78, 5) is 0. The van der Waals surface area contributed by atoms with Gasteiger partial charge < -0.3 is 0 Å². The molecule has 0 heteroatoms. The van der Waals surface area contributed by atoms with Crippen LogP contribution < -0.4 is 0 Å². The zero-order chi connectivity index (χ0) is 44.5. The van der Waals surface area contributed by atoms with Crippen molar-refractivity contribution in [3.8, 4) is 44.5 Å². The van der Waals surface area contributed by atoms with Gasteiger partial charge in [-0.2, -0.15) is 0 Å². The molecule has 0 amide bonds. The fraction of sp³-hybridized carbons (Fsp3) is 0. The molecular formula is C68H40. The first-order chi connectivity index (χ1) is 33.7. The predicted octanol–water partition coefficient (Wildman–Crippen LogP) is 19.3. The maximum absolute atomic E-state index is 2.53. The Morgan fingerprint density at radius 1 is 0.132 bits per heavy atom. The highest BCUT2D eigenvalue weighted by atomic mass is 14.3. The Morgan fingerprint density at radius 3 is 0.779 bits per heavy atom. The molecule has 0 atom stereocenters. The standard InChI is InChI=1S/C68H40/c1-5-21-45-41(16-1)20-15-31-52(45)63-39-64(60-36-42-17-2-6-22-46(42)49-25-9-12-28-53(49)60)57-34-35-59-66(62-38-44-19-4-8-24-48(44)51-27-11-14-30-55(51)62)40-65(58-33-32-56(63)67(57)68(58)59)61-37-43-18-3-7-23-47(43)50-26-10-13-29-54(50)61/h1-40H. The van der Waals surface area contributed by atoms with E-state index in [1.165, 1.54) is 152 Å². The fourth-order valence-electron chi connectivity index (χ4n) is 12.2. The van der Waals surface area contributed by atoms with Crippen LogP contribution >= 0.6 is 0 Å². The van der Waals surface area contributed by atoms with Gasteiger partial charge >= 0.3 is 0 Å². The smallest absolute Gasteiger partial charge is 0.00139 e. The monoisotopic (exact) mass is 856 g/mol. The maximum Gasteiger partial charge on any atom is -0.00139 e. The van der Waals surface area contributed by atoms with Crippen molar-refractivity contribution in [1.82, 2.24) is 0 Å². The van der Waals surface area contributed by atoms with Crippen LogP contribution in [0.25, 0.3) is 152 Å². The lowest BCUT2D eigenvalue weighted by Crippen LogP contribution is -1.96. The van der Waals surface area contributed by atoms with Crippen molar-refractivity contribution in [3.05, 3.63) is 243 Å². The Hall–Kier alpha value is -8.84. The van der Waals surface area contributed by atoms with Gasteiger partial charge in [-0.15, -0.1) is 0 Å². The van der Waals surface area contributed by atoms with E-state index in [1.54, 1.807) is 0 Å². The number of benzene rings is 15. The molecule has 0 aliphatic rings. The summed E-state index contributed by atoms with van der Waals surface area (Å²) < 4.78 is 0. The van der Waals surface area contributed by atoms with Gasteiger partial charge in [-0.3, -0.25) is 0 Å². The SMILES string of the molecule is c1ccc2c(-c3cc(-c4cc5ccccc5c5ccccc45)c4ccc5c(-c6cc7ccccc7c7ccccc67)cc(-c6cc7ccccc7c7ccccc67)c6ccc3c4c65)cccc2c1. The van der Waals surface area contributed by atoms with Crippen molar-refractivity contribution >= 4 is 108 Å². The largest absolute Gasteiger partial charge is 0.0616 e. The molecule has 0 nitrogen and oxygen atoms in total. The van der Waals surface area contributed by atoms with Crippen LogP contribution in [0.15, 0.2) is 243 Å². The van der Waals surface area contributed by atoms with Crippen LogP contribution in [0.3, 0.4) is 0 Å². The molecule has 0 N–H and O–H groups in total. The van der Waals surface area contributed by atoms with E-state index >= 15 is 0 Å². The zero-order valence-corrected chi connectivity index (χ0v) is 37.1. The Balaban J connectivity index is 1.17. The zero-order valence-electron chi connectivity index (χ0n) is 37.1. The van der Waals surface area contributed by atoms with Crippen LogP contribution in [0.1, 0.15) is 0 Å². The van der Waals surface area contributed by atoms with E-state index in [1.807, 2.05) is 0 Å². The Morgan fingerprint density at radius 2 is 0.397 bits per heavy atom. The van der Waals surface area contributed by atoms with E-state index in [4.69, 9.17) is 0 Å². The fourth-order valence-corrected chi connectivity index (χ4v) is 12.2. The van der Waals surface area contributed by atoms with Gasteiger partial charge in [0.1, 0.15) is 0 Å². The van der Waals surface area contributed by atoms with Crippen molar-refractivity contribution < 1.29 is 0 Å². The highest BCUT2D eigenvalue weighted by molar-refractivity contribution is 6.35. The molecule has 0 unspecified atom stereocenters. The molecule has 15 aromatic carbocycles. The molecule has 0 spiro atoms. The predicted molar refractivity (Wildman–Crippen MR) is 294 cm³/mol. The van der Waals surface area contributed by atoms with Crippen LogP contribution in [0.2, 0.25) is 0 Å². The van der Waals surface area contributed by atoms with Gasteiger partial charge in [-0.25, -0.2) is 0 Å². The summed E-state index contributed by atoms with van der Waals surface area (Å²) in [5.41, 5.74) is 9.97. The van der Waals surface area contributed by atoms with Crippen LogP contribution in [-0.4, -0.2) is 0 Å². The van der Waals surface area contributed by atoms with Gasteiger partial charge in [0.15, 0.2) is 0 Å². The topological polar surface area (TPSA) is 0 Å². The highest BCUT2D eigenvalue weighted by Gasteiger charge is 2.24. The average molecular weight is 857 g/mol. The summed E-state index contributed by atoms with van der Waals surface area (Å²) in [5.74, 6) is 0. The summed E-state index contributed by atoms with van der Waals surface area (Å²) in [6.45, 7) is 0. The Labute approximate surface area is 392 Å². The van der Waals surface area contributed by atoms with Gasteiger partial charge in [0.2, 0.25) is 0 Å². The van der Waals surface area contributed by atoms with Gasteiger partial charge in [0.05, 0.1) is 0 Å². The van der Waals surface area contributed by atoms with Crippen LogP contribution in [-0.2, 0) is 0 Å². The molecule has 0 aromatic heterocycles. The summed E-state index contributed by atoms with van der Waals surface area (Å²) in [5, 5.41) is 25.3. The third-order valence-corrected chi connectivity index (χ3v) is 15.2. The molecule has 0 saturated heterocycles. The average Bonchev–Trinajstić information content (AvgIpc) is 3.41. The van der Waals surface area contributed by atoms with Crippen molar-refractivity contribution in [2.75, 3.05) is 0 Å². The van der Waals surface area contributed by atoms with E-state index in [0.717, 1.165) is 0 Å². The number of hydrogen-bond donors (Lipinski definition) is 0. The van der Waals surface area contributed by atoms with Crippen molar-refractivity contribution in [2.45, 2.75) is 0 Å². The van der Waals surface area contributed by atoms with Crippen LogP contribution in [0, 0.1) is 0 Å². The lowest BCUT2D eigenvalue weighted by Gasteiger charge is -2.23. The third kappa shape index (κ3) is 5.32. The first-order valence-corrected chi connectivity index (χ1v) is 23.7. The molecule has 0 saturated carbocycles. The minimum absolute atomic E-state index is 1.24. The number of hydrogen-bond acceptors (Lipinski definition) is 0. The number of rotatable bonds is 4. The third-order valence-electron chi connectivity index (χ3n) is 15.2. The van der Waals surface area contributed by atoms with E-state index in [0.29, 0.717) is 0 Å². The molecular weight excluding hydrogens is 817 g/mol. The molecule has 0 aliphatic heterocycles. The van der Waals surface area contributed by atoms with Crippen molar-refractivity contribution in [1.29, 1.82) is 0 Å². The minimum Gasteiger partial charge on any atom is -0.0616 e. The van der Waals surface area contributed by atoms with E-state index in [2.05, 4.69) is 243 Å². The number of fused-ring (bicyclic) bond motifs is 10. The second-order valence-corrected chi connectivity index (χ2v) is 18.6. The summed E-state index contributed by atoms with van der Waals surface area (Å²) in [6, 6.07) is 91.4. The molecule has 0 heterocycles. The molecule has 0 fully saturated rings. The Bertz CT molecular complexity index is 4460. The van der Waals surface area contributed by atoms with E-state index < -0.39 is 0 Å². The molecule has 0 radical (unpaired) electrons. The molecule has 15 aromatic rings. The normalized spacial score (nSPS) is 12.1. The maximum atomic E-state index is 2.53.